The van der Waals surface area contributed by atoms with Crippen LogP contribution in [0.2, 0.25) is 0 Å². The van der Waals surface area contributed by atoms with Crippen LogP contribution in [0, 0.1) is 6.92 Å². The first-order chi connectivity index (χ1) is 17.8. The third kappa shape index (κ3) is 5.85. The van der Waals surface area contributed by atoms with E-state index in [0.717, 1.165) is 40.0 Å². The number of aryl methyl sites for hydroxylation is 1. The molecule has 4 heterocycles. The maximum atomic E-state index is 12.9. The number of thioether (sulfide) groups is 1. The summed E-state index contributed by atoms with van der Waals surface area (Å²) in [6.45, 7) is 2.38. The molecule has 0 radical (unpaired) electrons. The van der Waals surface area contributed by atoms with Gasteiger partial charge >= 0.3 is 6.18 Å². The topological polar surface area (TPSA) is 94.6 Å². The van der Waals surface area contributed by atoms with E-state index in [1.165, 1.54) is 18.7 Å². The highest BCUT2D eigenvalue weighted by molar-refractivity contribution is 7.98. The van der Waals surface area contributed by atoms with Crippen molar-refractivity contribution in [2.45, 2.75) is 49.3 Å². The predicted molar refractivity (Wildman–Crippen MR) is 131 cm³/mol. The van der Waals surface area contributed by atoms with E-state index in [1.807, 2.05) is 35.7 Å². The lowest BCUT2D eigenvalue weighted by atomic mass is 9.97. The predicted octanol–water partition coefficient (Wildman–Crippen LogP) is 4.34. The molecule has 0 unspecified atom stereocenters. The Morgan fingerprint density at radius 3 is 2.65 bits per heavy atom. The van der Waals surface area contributed by atoms with Crippen LogP contribution in [0.4, 0.5) is 13.2 Å². The van der Waals surface area contributed by atoms with Crippen LogP contribution < -0.4 is 0 Å². The third-order valence-corrected chi connectivity index (χ3v) is 8.12. The van der Waals surface area contributed by atoms with Crippen LogP contribution in [0.5, 0.6) is 0 Å². The minimum Gasteiger partial charge on any atom is -0.341 e. The molecule has 0 saturated carbocycles. The fraction of sp³-hybridized carbons (Fsp3) is 0.391. The van der Waals surface area contributed by atoms with Gasteiger partial charge in [0.05, 0.1) is 16.4 Å². The van der Waals surface area contributed by atoms with Gasteiger partial charge in [-0.15, -0.1) is 16.4 Å². The molecule has 0 spiro atoms. The van der Waals surface area contributed by atoms with Crippen molar-refractivity contribution < 1.29 is 18.0 Å². The maximum Gasteiger partial charge on any atom is 0.435 e. The highest BCUT2D eigenvalue weighted by atomic mass is 32.2. The van der Waals surface area contributed by atoms with Gasteiger partial charge in [-0.05, 0) is 48.4 Å². The minimum absolute atomic E-state index is 0.201. The first-order valence-corrected chi connectivity index (χ1v) is 13.4. The minimum atomic E-state index is -4.53. The van der Waals surface area contributed by atoms with E-state index < -0.39 is 11.9 Å². The number of benzene rings is 1. The summed E-state index contributed by atoms with van der Waals surface area (Å²) >= 11 is 3.12. The molecule has 1 aromatic carbocycles. The Hall–Kier alpha value is -3.26. The number of tetrazole rings is 1. The molecule has 4 aromatic rings. The van der Waals surface area contributed by atoms with E-state index in [-0.39, 0.29) is 18.4 Å². The van der Waals surface area contributed by atoms with Gasteiger partial charge in [0.15, 0.2) is 5.69 Å². The van der Waals surface area contributed by atoms with E-state index >= 15 is 0 Å². The van der Waals surface area contributed by atoms with Gasteiger partial charge < -0.3 is 4.90 Å². The fourth-order valence-electron chi connectivity index (χ4n) is 4.13. The summed E-state index contributed by atoms with van der Waals surface area (Å²) in [5.74, 6) is 0.640. The average Bonchev–Trinajstić information content (AvgIpc) is 3.63. The number of nitrogens with zero attached hydrogens (tertiary/aromatic N) is 8. The highest BCUT2D eigenvalue weighted by Gasteiger charge is 2.35. The van der Waals surface area contributed by atoms with Crippen LogP contribution >= 0.6 is 23.1 Å². The summed E-state index contributed by atoms with van der Waals surface area (Å²) in [4.78, 5) is 19.2. The molecule has 0 bridgehead atoms. The lowest BCUT2D eigenvalue weighted by Crippen LogP contribution is -2.40. The van der Waals surface area contributed by atoms with Gasteiger partial charge in [0.25, 0.3) is 0 Å². The van der Waals surface area contributed by atoms with Gasteiger partial charge in [-0.3, -0.25) is 9.48 Å². The number of amides is 1. The number of likely N-dealkylation sites (tertiary alicyclic amines) is 1. The Labute approximate surface area is 218 Å². The van der Waals surface area contributed by atoms with Gasteiger partial charge in [-0.2, -0.15) is 23.0 Å². The summed E-state index contributed by atoms with van der Waals surface area (Å²) in [5.41, 5.74) is 1.16. The number of hydrogen-bond acceptors (Lipinski definition) is 8. The van der Waals surface area contributed by atoms with Crippen molar-refractivity contribution in [1.82, 2.24) is 39.9 Å². The summed E-state index contributed by atoms with van der Waals surface area (Å²) in [6, 6.07) is 10.6. The molecular formula is C23H23F3N8OS2. The summed E-state index contributed by atoms with van der Waals surface area (Å²) in [7, 11) is 0. The summed E-state index contributed by atoms with van der Waals surface area (Å²) in [5, 5.41) is 19.3. The lowest BCUT2D eigenvalue weighted by Gasteiger charge is -2.31. The number of halogens is 3. The Morgan fingerprint density at radius 1 is 1.19 bits per heavy atom. The first-order valence-electron chi connectivity index (χ1n) is 11.6. The van der Waals surface area contributed by atoms with Crippen LogP contribution in [0.1, 0.15) is 40.8 Å². The Kier molecular flexibility index (Phi) is 7.29. The molecule has 1 fully saturated rings. The van der Waals surface area contributed by atoms with Crippen molar-refractivity contribution in [3.63, 3.8) is 0 Å². The van der Waals surface area contributed by atoms with Gasteiger partial charge in [0.1, 0.15) is 6.54 Å². The number of thiazole rings is 1. The molecule has 0 atom stereocenters. The van der Waals surface area contributed by atoms with Gasteiger partial charge in [0.2, 0.25) is 11.1 Å². The Morgan fingerprint density at radius 2 is 1.95 bits per heavy atom. The molecular weight excluding hydrogens is 525 g/mol. The molecule has 1 aliphatic heterocycles. The number of carbonyl (C=O) groups is 1. The van der Waals surface area contributed by atoms with Crippen molar-refractivity contribution in [3.8, 4) is 5.69 Å². The number of carbonyl (C=O) groups excluding carboxylic acids is 1. The highest BCUT2D eigenvalue weighted by Crippen LogP contribution is 2.32. The molecule has 1 amide bonds. The molecule has 9 nitrogen and oxygen atoms in total. The van der Waals surface area contributed by atoms with Crippen LogP contribution in [0.25, 0.3) is 5.69 Å². The average molecular weight is 549 g/mol. The van der Waals surface area contributed by atoms with E-state index in [2.05, 4.69) is 20.6 Å². The largest absolute Gasteiger partial charge is 0.435 e. The Bertz CT molecular complexity index is 1360. The molecule has 14 heteroatoms. The van der Waals surface area contributed by atoms with Crippen LogP contribution in [-0.4, -0.2) is 58.9 Å². The number of alkyl halides is 3. The second kappa shape index (κ2) is 10.6. The monoisotopic (exact) mass is 548 g/mol. The molecule has 1 saturated heterocycles. The summed E-state index contributed by atoms with van der Waals surface area (Å²) < 4.78 is 41.5. The smallest absolute Gasteiger partial charge is 0.341 e. The van der Waals surface area contributed by atoms with Crippen molar-refractivity contribution in [2.75, 3.05) is 13.1 Å². The second-order valence-electron chi connectivity index (χ2n) is 8.66. The van der Waals surface area contributed by atoms with Gasteiger partial charge in [0, 0.05) is 35.8 Å². The SMILES string of the molecule is Cc1cc(C(F)(F)F)nn1CC(=O)N1CCC(c2nc(CSc3nnnn3-c3ccccc3)cs2)CC1. The van der Waals surface area contributed by atoms with Gasteiger partial charge in [-0.25, -0.2) is 4.98 Å². The number of rotatable bonds is 7. The fourth-order valence-corrected chi connectivity index (χ4v) is 6.01. The zero-order valence-corrected chi connectivity index (χ0v) is 21.4. The molecule has 194 valence electrons. The van der Waals surface area contributed by atoms with Crippen LogP contribution in [0.15, 0.2) is 46.9 Å². The molecule has 0 N–H and O–H groups in total. The molecule has 0 aliphatic carbocycles. The van der Waals surface area contributed by atoms with Crippen molar-refractivity contribution in [3.05, 3.63) is 63.9 Å². The molecule has 3 aromatic heterocycles. The van der Waals surface area contributed by atoms with Crippen molar-refractivity contribution >= 4 is 29.0 Å². The number of piperidine rings is 1. The van der Waals surface area contributed by atoms with Crippen LogP contribution in [0.3, 0.4) is 0 Å². The van der Waals surface area contributed by atoms with E-state index in [1.54, 1.807) is 20.9 Å². The van der Waals surface area contributed by atoms with Gasteiger partial charge in [-0.1, -0.05) is 30.0 Å². The summed E-state index contributed by atoms with van der Waals surface area (Å²) in [6.07, 6.45) is -3.02. The van der Waals surface area contributed by atoms with Crippen LogP contribution in [-0.2, 0) is 23.3 Å². The van der Waals surface area contributed by atoms with Crippen molar-refractivity contribution in [1.29, 1.82) is 0 Å². The molecule has 37 heavy (non-hydrogen) atoms. The van der Waals surface area contributed by atoms with E-state index in [9.17, 15) is 18.0 Å². The zero-order chi connectivity index (χ0) is 26.0. The zero-order valence-electron chi connectivity index (χ0n) is 19.8. The molecule has 1 aliphatic rings. The normalized spacial score (nSPS) is 14.9. The maximum absolute atomic E-state index is 12.9. The van der Waals surface area contributed by atoms with Crippen molar-refractivity contribution in [2.24, 2.45) is 0 Å². The standard InChI is InChI=1S/C23H23F3N8OS2/c1-15-11-19(23(24,25)26)29-33(15)12-20(35)32-9-7-16(8-10-32)21-27-17(13-36-21)14-37-22-28-30-31-34(22)18-5-3-2-4-6-18/h2-6,11,13,16H,7-10,12,14H2,1H3. The first kappa shape index (κ1) is 25.4. The number of hydrogen-bond donors (Lipinski definition) is 0. The van der Waals surface area contributed by atoms with E-state index in [0.29, 0.717) is 29.7 Å². The second-order valence-corrected chi connectivity index (χ2v) is 10.5. The quantitative estimate of drug-likeness (QED) is 0.317. The number of para-hydroxylation sites is 1. The Balaban J connectivity index is 1.13. The molecule has 5 rings (SSSR count). The van der Waals surface area contributed by atoms with E-state index in [4.69, 9.17) is 4.98 Å². The third-order valence-electron chi connectivity index (χ3n) is 6.11. The number of aromatic nitrogens is 7. The lowest BCUT2D eigenvalue weighted by molar-refractivity contribution is -0.142.